The first-order chi connectivity index (χ1) is 25.8. The molecule has 1 nitrogen and oxygen atoms in total. The molecule has 0 saturated carbocycles. The summed E-state index contributed by atoms with van der Waals surface area (Å²) in [6, 6.07) is 67.3. The van der Waals surface area contributed by atoms with Gasteiger partial charge in [-0.3, -0.25) is 0 Å². The number of benzene rings is 9. The van der Waals surface area contributed by atoms with Gasteiger partial charge in [-0.05, 0) is 113 Å². The fraction of sp³-hybridized carbons (Fsp3) is 0.0196. The monoisotopic (exact) mass is 658 g/mol. The Balaban J connectivity index is 1.09. The molecule has 0 N–H and O–H groups in total. The van der Waals surface area contributed by atoms with Crippen molar-refractivity contribution in [2.75, 3.05) is 0 Å². The van der Waals surface area contributed by atoms with Gasteiger partial charge in [0, 0.05) is 10.9 Å². The molecule has 0 amide bonds. The van der Waals surface area contributed by atoms with Crippen molar-refractivity contribution in [2.45, 2.75) is 5.41 Å². The summed E-state index contributed by atoms with van der Waals surface area (Å²) in [6.45, 7) is 0. The molecular weight excluding hydrogens is 629 g/mol. The van der Waals surface area contributed by atoms with E-state index >= 15 is 0 Å². The molecule has 1 atom stereocenters. The second-order valence-corrected chi connectivity index (χ2v) is 14.3. The first kappa shape index (κ1) is 28.0. The first-order valence-corrected chi connectivity index (χ1v) is 18.1. The molecule has 9 aromatic rings. The molecule has 0 saturated heterocycles. The van der Waals surface area contributed by atoms with Crippen LogP contribution in [-0.2, 0) is 5.41 Å². The average Bonchev–Trinajstić information content (AvgIpc) is 3.68. The van der Waals surface area contributed by atoms with E-state index in [0.29, 0.717) is 0 Å². The highest BCUT2D eigenvalue weighted by Crippen LogP contribution is 2.64. The summed E-state index contributed by atoms with van der Waals surface area (Å²) in [5.41, 5.74) is 17.5. The highest BCUT2D eigenvalue weighted by Gasteiger charge is 2.52. The maximum absolute atomic E-state index is 6.47. The zero-order valence-electron chi connectivity index (χ0n) is 28.2. The molecule has 0 aromatic heterocycles. The molecule has 3 aliphatic rings. The molecule has 0 bridgehead atoms. The van der Waals surface area contributed by atoms with E-state index < -0.39 is 5.41 Å². The molecule has 1 unspecified atom stereocenters. The van der Waals surface area contributed by atoms with Crippen LogP contribution in [-0.4, -0.2) is 0 Å². The van der Waals surface area contributed by atoms with Gasteiger partial charge < -0.3 is 4.74 Å². The Labute approximate surface area is 302 Å². The van der Waals surface area contributed by atoms with Crippen molar-refractivity contribution in [1.29, 1.82) is 0 Å². The maximum Gasteiger partial charge on any atom is 0.135 e. The number of hydrogen-bond donors (Lipinski definition) is 0. The Morgan fingerprint density at radius 3 is 1.79 bits per heavy atom. The van der Waals surface area contributed by atoms with Gasteiger partial charge in [0.05, 0.1) is 5.41 Å². The predicted molar refractivity (Wildman–Crippen MR) is 214 cm³/mol. The largest absolute Gasteiger partial charge is 0.456 e. The van der Waals surface area contributed by atoms with Crippen LogP contribution in [0.5, 0.6) is 11.5 Å². The minimum atomic E-state index is -0.415. The second-order valence-electron chi connectivity index (χ2n) is 14.3. The summed E-state index contributed by atoms with van der Waals surface area (Å²) in [5.74, 6) is 1.82. The molecule has 1 spiro atoms. The number of rotatable bonds is 2. The Morgan fingerprint density at radius 1 is 0.327 bits per heavy atom. The molecule has 2 aliphatic carbocycles. The second kappa shape index (κ2) is 10.2. The van der Waals surface area contributed by atoms with Gasteiger partial charge in [0.25, 0.3) is 0 Å². The van der Waals surface area contributed by atoms with Gasteiger partial charge in [0.2, 0.25) is 0 Å². The van der Waals surface area contributed by atoms with Crippen molar-refractivity contribution >= 4 is 21.5 Å². The molecule has 1 aliphatic heterocycles. The first-order valence-electron chi connectivity index (χ1n) is 18.1. The lowest BCUT2D eigenvalue weighted by Crippen LogP contribution is -2.25. The molecule has 52 heavy (non-hydrogen) atoms. The van der Waals surface area contributed by atoms with Crippen LogP contribution < -0.4 is 4.74 Å². The Morgan fingerprint density at radius 2 is 0.942 bits per heavy atom. The van der Waals surface area contributed by atoms with Crippen LogP contribution in [0.3, 0.4) is 0 Å². The van der Waals surface area contributed by atoms with Gasteiger partial charge in [0.1, 0.15) is 11.5 Å². The predicted octanol–water partition coefficient (Wildman–Crippen LogP) is 13.4. The molecule has 0 fully saturated rings. The Bertz CT molecular complexity index is 3000. The van der Waals surface area contributed by atoms with Crippen LogP contribution in [0.15, 0.2) is 182 Å². The van der Waals surface area contributed by atoms with Crippen LogP contribution in [0.4, 0.5) is 0 Å². The number of ether oxygens (including phenoxy) is 1. The highest BCUT2D eigenvalue weighted by atomic mass is 16.5. The number of fused-ring (bicyclic) bond motifs is 14. The van der Waals surface area contributed by atoms with E-state index in [4.69, 9.17) is 4.74 Å². The topological polar surface area (TPSA) is 9.23 Å². The van der Waals surface area contributed by atoms with Gasteiger partial charge >= 0.3 is 0 Å². The van der Waals surface area contributed by atoms with E-state index in [-0.39, 0.29) is 0 Å². The molecule has 12 rings (SSSR count). The van der Waals surface area contributed by atoms with E-state index in [1.165, 1.54) is 93.9 Å². The van der Waals surface area contributed by atoms with Gasteiger partial charge in [-0.15, -0.1) is 0 Å². The summed E-state index contributed by atoms with van der Waals surface area (Å²) < 4.78 is 6.47. The molecule has 1 heterocycles. The SMILES string of the molecule is c1ccc(-c2ccc3c(c2)C2(c4ccccc4-3)c3ccccc3-c3c2ccc2ccccc32)c(-c2ccc3c(c2)-c2cccc4cccc(c24)O3)c1. The van der Waals surface area contributed by atoms with Crippen molar-refractivity contribution < 1.29 is 4.74 Å². The van der Waals surface area contributed by atoms with Crippen LogP contribution in [0.25, 0.3) is 77.2 Å². The van der Waals surface area contributed by atoms with Crippen molar-refractivity contribution in [3.05, 3.63) is 204 Å². The molecular formula is C51H30O. The minimum Gasteiger partial charge on any atom is -0.456 e. The zero-order chi connectivity index (χ0) is 34.0. The van der Waals surface area contributed by atoms with Gasteiger partial charge in [0.15, 0.2) is 0 Å². The third-order valence-corrected chi connectivity index (χ3v) is 11.9. The van der Waals surface area contributed by atoms with Crippen LogP contribution >= 0.6 is 0 Å². The number of hydrogen-bond acceptors (Lipinski definition) is 1. The Hall–Kier alpha value is -6.70. The van der Waals surface area contributed by atoms with Crippen LogP contribution in [0.2, 0.25) is 0 Å². The van der Waals surface area contributed by atoms with Gasteiger partial charge in [-0.2, -0.15) is 0 Å². The molecule has 1 heteroatoms. The minimum absolute atomic E-state index is 0.415. The van der Waals surface area contributed by atoms with Crippen molar-refractivity contribution in [2.24, 2.45) is 0 Å². The third-order valence-electron chi connectivity index (χ3n) is 11.9. The van der Waals surface area contributed by atoms with E-state index in [2.05, 4.69) is 182 Å². The van der Waals surface area contributed by atoms with E-state index in [1.807, 2.05) is 0 Å². The summed E-state index contributed by atoms with van der Waals surface area (Å²) in [6.07, 6.45) is 0. The molecule has 0 radical (unpaired) electrons. The van der Waals surface area contributed by atoms with Crippen molar-refractivity contribution in [3.8, 4) is 67.1 Å². The summed E-state index contributed by atoms with van der Waals surface area (Å²) in [5, 5.41) is 4.96. The average molecular weight is 659 g/mol. The van der Waals surface area contributed by atoms with Crippen LogP contribution in [0, 0.1) is 0 Å². The zero-order valence-corrected chi connectivity index (χ0v) is 28.2. The van der Waals surface area contributed by atoms with E-state index in [9.17, 15) is 0 Å². The summed E-state index contributed by atoms with van der Waals surface area (Å²) >= 11 is 0. The molecule has 9 aromatic carbocycles. The lowest BCUT2D eigenvalue weighted by atomic mass is 9.70. The maximum atomic E-state index is 6.47. The summed E-state index contributed by atoms with van der Waals surface area (Å²) in [4.78, 5) is 0. The van der Waals surface area contributed by atoms with E-state index in [0.717, 1.165) is 17.1 Å². The fourth-order valence-electron chi connectivity index (χ4n) is 9.79. The van der Waals surface area contributed by atoms with Crippen LogP contribution in [0.1, 0.15) is 22.3 Å². The van der Waals surface area contributed by atoms with Gasteiger partial charge in [-0.1, -0.05) is 158 Å². The Kier molecular flexibility index (Phi) is 5.49. The van der Waals surface area contributed by atoms with Crippen molar-refractivity contribution in [3.63, 3.8) is 0 Å². The fourth-order valence-corrected chi connectivity index (χ4v) is 9.79. The lowest BCUT2D eigenvalue weighted by Gasteiger charge is -2.31. The van der Waals surface area contributed by atoms with Crippen molar-refractivity contribution in [1.82, 2.24) is 0 Å². The quantitative estimate of drug-likeness (QED) is 0.180. The highest BCUT2D eigenvalue weighted by molar-refractivity contribution is 6.07. The normalized spacial score (nSPS) is 15.5. The smallest absolute Gasteiger partial charge is 0.135 e. The standard InChI is InChI=1S/C51H30O/c1-2-16-37-31(11-1)24-27-45-50(37)41-18-6-8-21-44(41)51(45)43-20-7-5-17-38(43)39-26-23-34(30-46(39)51)36-15-4-3-14-35(36)33-25-28-47-42(29-33)40-19-9-12-32-13-10-22-48(52-47)49(32)40/h1-30H. The van der Waals surface area contributed by atoms with Gasteiger partial charge in [-0.25, -0.2) is 0 Å². The summed E-state index contributed by atoms with van der Waals surface area (Å²) in [7, 11) is 0. The molecule has 240 valence electrons. The third kappa shape index (κ3) is 3.52. The van der Waals surface area contributed by atoms with E-state index in [1.54, 1.807) is 0 Å². The lowest BCUT2D eigenvalue weighted by molar-refractivity contribution is 0.487.